The van der Waals surface area contributed by atoms with E-state index in [1.807, 2.05) is 13.8 Å². The summed E-state index contributed by atoms with van der Waals surface area (Å²) in [4.78, 5) is 38.2. The third-order valence-electron chi connectivity index (χ3n) is 4.91. The summed E-state index contributed by atoms with van der Waals surface area (Å²) in [6, 6.07) is -0.432. The lowest BCUT2D eigenvalue weighted by Crippen LogP contribution is -2.48. The number of likely N-dealkylation sites (N-methyl/N-ethyl adjacent to an activating group) is 1. The van der Waals surface area contributed by atoms with E-state index >= 15 is 0 Å². The van der Waals surface area contributed by atoms with Crippen molar-refractivity contribution in [1.29, 1.82) is 0 Å². The summed E-state index contributed by atoms with van der Waals surface area (Å²) >= 11 is 0. The van der Waals surface area contributed by atoms with Crippen molar-refractivity contribution in [3.8, 4) is 0 Å². The van der Waals surface area contributed by atoms with Gasteiger partial charge in [0.25, 0.3) is 11.8 Å². The molecule has 1 heterocycles. The van der Waals surface area contributed by atoms with Crippen molar-refractivity contribution in [2.24, 2.45) is 5.92 Å². The van der Waals surface area contributed by atoms with Crippen LogP contribution in [0, 0.1) is 5.92 Å². The van der Waals surface area contributed by atoms with Gasteiger partial charge in [0.05, 0.1) is 0 Å². The van der Waals surface area contributed by atoms with Crippen LogP contribution in [0.15, 0.2) is 0 Å². The monoisotopic (exact) mass is 399 g/mol. The maximum atomic E-state index is 12.6. The number of nitrogens with zero attached hydrogens (tertiary/aromatic N) is 1. The molecular formula is C20H37N3O5. The zero-order valence-corrected chi connectivity index (χ0v) is 17.9. The van der Waals surface area contributed by atoms with Gasteiger partial charge >= 0.3 is 6.09 Å². The largest absolute Gasteiger partial charge is 0.436 e. The van der Waals surface area contributed by atoms with Crippen molar-refractivity contribution in [1.82, 2.24) is 15.5 Å². The summed E-state index contributed by atoms with van der Waals surface area (Å²) in [7, 11) is 1.65. The van der Waals surface area contributed by atoms with Crippen molar-refractivity contribution >= 4 is 17.9 Å². The molecule has 0 unspecified atom stereocenters. The summed E-state index contributed by atoms with van der Waals surface area (Å²) in [5, 5.41) is 16.0. The highest BCUT2D eigenvalue weighted by atomic mass is 16.6. The Hall–Kier alpha value is -1.83. The molecule has 3 amide bonds. The van der Waals surface area contributed by atoms with Crippen molar-refractivity contribution in [3.05, 3.63) is 0 Å². The van der Waals surface area contributed by atoms with Gasteiger partial charge in [-0.05, 0) is 25.7 Å². The molecule has 1 saturated heterocycles. The molecule has 0 aromatic rings. The maximum absolute atomic E-state index is 12.6. The number of alkyl carbamates (subject to hydrolysis) is 1. The number of hydrogen-bond donors (Lipinski definition) is 3. The Labute approximate surface area is 168 Å². The molecular weight excluding hydrogens is 362 g/mol. The first-order valence-electron chi connectivity index (χ1n) is 10.3. The lowest BCUT2D eigenvalue weighted by Gasteiger charge is -2.27. The van der Waals surface area contributed by atoms with Gasteiger partial charge in [0.2, 0.25) is 0 Å². The number of carbonyl (C=O) groups excluding carboxylic acids is 3. The normalized spacial score (nSPS) is 21.5. The summed E-state index contributed by atoms with van der Waals surface area (Å²) in [5.74, 6) is -0.574. The molecule has 28 heavy (non-hydrogen) atoms. The minimum Gasteiger partial charge on any atom is -0.436 e. The van der Waals surface area contributed by atoms with E-state index in [-0.39, 0.29) is 18.2 Å². The average molecular weight is 400 g/mol. The summed E-state index contributed by atoms with van der Waals surface area (Å²) in [6.07, 6.45) is 2.29. The van der Waals surface area contributed by atoms with Gasteiger partial charge in [-0.3, -0.25) is 9.59 Å². The first-order chi connectivity index (χ1) is 13.1. The van der Waals surface area contributed by atoms with Crippen molar-refractivity contribution in [3.63, 3.8) is 0 Å². The first-order valence-corrected chi connectivity index (χ1v) is 10.3. The van der Waals surface area contributed by atoms with E-state index in [9.17, 15) is 19.5 Å². The number of hydrogen-bond acceptors (Lipinski definition) is 5. The van der Waals surface area contributed by atoms with Crippen LogP contribution in [-0.2, 0) is 14.3 Å². The number of nitrogens with one attached hydrogen (secondary N) is 2. The van der Waals surface area contributed by atoms with Crippen molar-refractivity contribution in [2.75, 3.05) is 20.1 Å². The fourth-order valence-corrected chi connectivity index (χ4v) is 3.37. The molecule has 162 valence electrons. The number of unbranched alkanes of at least 4 members (excludes halogenated alkanes) is 2. The van der Waals surface area contributed by atoms with Crippen LogP contribution < -0.4 is 10.6 Å². The fraction of sp³-hybridized carbons (Fsp3) is 0.850. The molecule has 0 bridgehead atoms. The standard InChI is InChI=1S/C20H37N3O5/c1-6-7-8-10-21-19(26)28-16(12-14(2)3)17(24)22-15(4)13-20(27)9-11-23(5)18(20)25/h14-16,27H,6-13H2,1-5H3,(H,21,26)(H,22,24)/t15-,16-,20-/m0/s1. The minimum absolute atomic E-state index is 0.125. The van der Waals surface area contributed by atoms with E-state index in [4.69, 9.17) is 4.74 Å². The average Bonchev–Trinajstić information content (AvgIpc) is 2.85. The maximum Gasteiger partial charge on any atom is 0.407 e. The predicted molar refractivity (Wildman–Crippen MR) is 107 cm³/mol. The smallest absolute Gasteiger partial charge is 0.407 e. The van der Waals surface area contributed by atoms with E-state index in [0.29, 0.717) is 25.9 Å². The molecule has 0 aliphatic carbocycles. The van der Waals surface area contributed by atoms with Crippen LogP contribution in [0.1, 0.15) is 66.2 Å². The van der Waals surface area contributed by atoms with E-state index in [0.717, 1.165) is 19.3 Å². The molecule has 0 radical (unpaired) electrons. The van der Waals surface area contributed by atoms with Gasteiger partial charge in [0.15, 0.2) is 6.10 Å². The quantitative estimate of drug-likeness (QED) is 0.459. The second-order valence-corrected chi connectivity index (χ2v) is 8.28. The molecule has 1 fully saturated rings. The molecule has 8 nitrogen and oxygen atoms in total. The van der Waals surface area contributed by atoms with Gasteiger partial charge in [-0.1, -0.05) is 33.6 Å². The van der Waals surface area contributed by atoms with Gasteiger partial charge in [0.1, 0.15) is 5.60 Å². The Balaban J connectivity index is 2.58. The Morgan fingerprint density at radius 3 is 2.50 bits per heavy atom. The molecule has 3 atom stereocenters. The number of amides is 3. The molecule has 3 N–H and O–H groups in total. The summed E-state index contributed by atoms with van der Waals surface area (Å²) in [6.45, 7) is 8.72. The van der Waals surface area contributed by atoms with Gasteiger partial charge in [-0.15, -0.1) is 0 Å². The van der Waals surface area contributed by atoms with E-state index < -0.39 is 29.7 Å². The van der Waals surface area contributed by atoms with Crippen molar-refractivity contribution < 1.29 is 24.2 Å². The van der Waals surface area contributed by atoms with Crippen LogP contribution in [-0.4, -0.2) is 65.8 Å². The van der Waals surface area contributed by atoms with E-state index in [2.05, 4.69) is 17.6 Å². The van der Waals surface area contributed by atoms with Crippen LogP contribution >= 0.6 is 0 Å². The van der Waals surface area contributed by atoms with Crippen LogP contribution in [0.25, 0.3) is 0 Å². The van der Waals surface area contributed by atoms with Crippen LogP contribution in [0.5, 0.6) is 0 Å². The highest BCUT2D eigenvalue weighted by Crippen LogP contribution is 2.26. The molecule has 0 spiro atoms. The third kappa shape index (κ3) is 7.66. The minimum atomic E-state index is -1.45. The van der Waals surface area contributed by atoms with Gasteiger partial charge < -0.3 is 25.4 Å². The number of rotatable bonds is 11. The second-order valence-electron chi connectivity index (χ2n) is 8.28. The van der Waals surface area contributed by atoms with Crippen molar-refractivity contribution in [2.45, 2.75) is 84.0 Å². The predicted octanol–water partition coefficient (Wildman–Crippen LogP) is 1.81. The lowest BCUT2D eigenvalue weighted by molar-refractivity contribution is -0.144. The zero-order valence-electron chi connectivity index (χ0n) is 17.9. The third-order valence-corrected chi connectivity index (χ3v) is 4.91. The highest BCUT2D eigenvalue weighted by Gasteiger charge is 2.44. The Kier molecular flexibility index (Phi) is 9.72. The van der Waals surface area contributed by atoms with E-state index in [1.54, 1.807) is 14.0 Å². The molecule has 0 saturated carbocycles. The van der Waals surface area contributed by atoms with Crippen LogP contribution in [0.2, 0.25) is 0 Å². The number of likely N-dealkylation sites (tertiary alicyclic amines) is 1. The Bertz CT molecular complexity index is 540. The highest BCUT2D eigenvalue weighted by molar-refractivity contribution is 5.87. The number of aliphatic hydroxyl groups is 1. The molecule has 1 aliphatic heterocycles. The summed E-state index contributed by atoms with van der Waals surface area (Å²) in [5.41, 5.74) is -1.45. The van der Waals surface area contributed by atoms with Gasteiger partial charge in [0, 0.05) is 39.0 Å². The van der Waals surface area contributed by atoms with E-state index in [1.165, 1.54) is 4.90 Å². The van der Waals surface area contributed by atoms with Crippen LogP contribution in [0.4, 0.5) is 4.79 Å². The first kappa shape index (κ1) is 24.2. The zero-order chi connectivity index (χ0) is 21.3. The fourth-order valence-electron chi connectivity index (χ4n) is 3.37. The number of carbonyl (C=O) groups is 3. The molecule has 1 rings (SSSR count). The lowest BCUT2D eigenvalue weighted by atomic mass is 9.93. The molecule has 0 aromatic carbocycles. The SMILES string of the molecule is CCCCCNC(=O)O[C@@H](CC(C)C)C(=O)N[C@@H](C)C[C@@]1(O)CCN(C)C1=O. The molecule has 8 heteroatoms. The summed E-state index contributed by atoms with van der Waals surface area (Å²) < 4.78 is 5.34. The number of ether oxygens (including phenoxy) is 1. The Morgan fingerprint density at radius 1 is 1.29 bits per heavy atom. The van der Waals surface area contributed by atoms with Gasteiger partial charge in [-0.2, -0.15) is 0 Å². The topological polar surface area (TPSA) is 108 Å². The molecule has 1 aliphatic rings. The molecule has 0 aromatic heterocycles. The van der Waals surface area contributed by atoms with Gasteiger partial charge in [-0.25, -0.2) is 4.79 Å². The second kappa shape index (κ2) is 11.2. The Morgan fingerprint density at radius 2 is 1.96 bits per heavy atom. The van der Waals surface area contributed by atoms with Crippen LogP contribution in [0.3, 0.4) is 0 Å².